The molecule has 0 radical (unpaired) electrons. The van der Waals surface area contributed by atoms with Crippen LogP contribution in [0.25, 0.3) is 0 Å². The Labute approximate surface area is 148 Å². The van der Waals surface area contributed by atoms with Gasteiger partial charge >= 0.3 is 7.82 Å². The molecule has 0 aliphatic carbocycles. The molecule has 24 heavy (non-hydrogen) atoms. The van der Waals surface area contributed by atoms with E-state index in [-0.39, 0.29) is 19.3 Å². The number of unbranched alkanes of at least 4 members (excludes halogenated alkanes) is 9. The zero-order chi connectivity index (χ0) is 18.1. The number of hydrogen-bond donors (Lipinski definition) is 2. The van der Waals surface area contributed by atoms with E-state index in [1.54, 1.807) is 0 Å². The van der Waals surface area contributed by atoms with Crippen LogP contribution in [0.3, 0.4) is 0 Å². The molecule has 0 aromatic carbocycles. The van der Waals surface area contributed by atoms with Gasteiger partial charge in [0.1, 0.15) is 0 Å². The molecule has 0 bridgehead atoms. The Balaban J connectivity index is 3.40. The normalized spacial score (nSPS) is 15.3. The zero-order valence-electron chi connectivity index (χ0n) is 15.8. The second-order valence-electron chi connectivity index (χ2n) is 6.52. The van der Waals surface area contributed by atoms with Crippen LogP contribution in [0, 0.1) is 0 Å². The lowest BCUT2D eigenvalue weighted by Crippen LogP contribution is -2.03. The molecule has 0 aliphatic rings. The molecule has 0 saturated carbocycles. The summed E-state index contributed by atoms with van der Waals surface area (Å²) < 4.78 is 21.6. The summed E-state index contributed by atoms with van der Waals surface area (Å²) in [6, 6.07) is 0. The molecule has 0 heterocycles. The summed E-state index contributed by atoms with van der Waals surface area (Å²) in [6.45, 7) is 4.71. The first-order chi connectivity index (χ1) is 11.5. The first-order valence-corrected chi connectivity index (χ1v) is 11.3. The van der Waals surface area contributed by atoms with Crippen LogP contribution in [-0.2, 0) is 13.6 Å². The van der Waals surface area contributed by atoms with Crippen molar-refractivity contribution in [3.05, 3.63) is 0 Å². The summed E-state index contributed by atoms with van der Waals surface area (Å²) in [4.78, 5) is 9.57. The van der Waals surface area contributed by atoms with Gasteiger partial charge in [-0.2, -0.15) is 0 Å². The second kappa shape index (κ2) is 16.5. The highest BCUT2D eigenvalue weighted by Crippen LogP contribution is 2.43. The van der Waals surface area contributed by atoms with Crippen molar-refractivity contribution in [1.82, 2.24) is 0 Å². The standard InChI is InChI=1S/C18H39O5P/c1-3-5-6-7-8-10-13-16-22-24(20,21)23-17-14-11-9-12-15-18(19)4-2/h18-19H,3-17H2,1-2H3,(H,20,21). The SMILES string of the molecule is CCCCCCCCCOP(=O)(O)OCCCCCCC(O)CC. The van der Waals surface area contributed by atoms with Crippen LogP contribution in [0.1, 0.15) is 97.3 Å². The van der Waals surface area contributed by atoms with Crippen LogP contribution in [0.4, 0.5) is 0 Å². The second-order valence-corrected chi connectivity index (χ2v) is 7.97. The predicted octanol–water partition coefficient (Wildman–Crippen LogP) is 5.59. The third-order valence-corrected chi connectivity index (χ3v) is 5.18. The average molecular weight is 366 g/mol. The fourth-order valence-corrected chi connectivity index (χ4v) is 3.29. The van der Waals surface area contributed by atoms with E-state index < -0.39 is 7.82 Å². The van der Waals surface area contributed by atoms with E-state index in [1.165, 1.54) is 25.7 Å². The van der Waals surface area contributed by atoms with Crippen molar-refractivity contribution in [3.63, 3.8) is 0 Å². The molecule has 0 spiro atoms. The van der Waals surface area contributed by atoms with Crippen LogP contribution in [-0.4, -0.2) is 29.3 Å². The van der Waals surface area contributed by atoms with Gasteiger partial charge in [-0.05, 0) is 25.7 Å². The quantitative estimate of drug-likeness (QED) is 0.244. The van der Waals surface area contributed by atoms with E-state index in [1.807, 2.05) is 6.92 Å². The molecule has 0 aromatic heterocycles. The third-order valence-electron chi connectivity index (χ3n) is 4.16. The van der Waals surface area contributed by atoms with E-state index in [9.17, 15) is 14.6 Å². The molecule has 2 atom stereocenters. The Kier molecular flexibility index (Phi) is 16.6. The molecular weight excluding hydrogens is 327 g/mol. The van der Waals surface area contributed by atoms with Crippen molar-refractivity contribution >= 4 is 7.82 Å². The van der Waals surface area contributed by atoms with Gasteiger partial charge in [-0.3, -0.25) is 9.05 Å². The lowest BCUT2D eigenvalue weighted by atomic mass is 10.1. The first-order valence-electron chi connectivity index (χ1n) is 9.81. The topological polar surface area (TPSA) is 76.0 Å². The summed E-state index contributed by atoms with van der Waals surface area (Å²) in [5.74, 6) is 0. The minimum Gasteiger partial charge on any atom is -0.393 e. The molecule has 0 aliphatic heterocycles. The van der Waals surface area contributed by atoms with Crippen molar-refractivity contribution in [2.24, 2.45) is 0 Å². The average Bonchev–Trinajstić information content (AvgIpc) is 2.56. The number of hydrogen-bond acceptors (Lipinski definition) is 4. The Bertz CT molecular complexity index is 312. The van der Waals surface area contributed by atoms with Gasteiger partial charge in [0.25, 0.3) is 0 Å². The maximum absolute atomic E-state index is 11.7. The van der Waals surface area contributed by atoms with Crippen molar-refractivity contribution < 1.29 is 23.6 Å². The molecule has 0 rings (SSSR count). The number of phosphoric ester groups is 1. The van der Waals surface area contributed by atoms with Gasteiger partial charge in [0, 0.05) is 0 Å². The van der Waals surface area contributed by atoms with Crippen molar-refractivity contribution in [3.8, 4) is 0 Å². The van der Waals surface area contributed by atoms with Crippen LogP contribution in [0.5, 0.6) is 0 Å². The Morgan fingerprint density at radius 1 is 0.792 bits per heavy atom. The van der Waals surface area contributed by atoms with Crippen LogP contribution < -0.4 is 0 Å². The van der Waals surface area contributed by atoms with Crippen molar-refractivity contribution in [1.29, 1.82) is 0 Å². The summed E-state index contributed by atoms with van der Waals surface area (Å²) >= 11 is 0. The summed E-state index contributed by atoms with van der Waals surface area (Å²) in [6.07, 6.45) is 13.2. The lowest BCUT2D eigenvalue weighted by molar-refractivity contribution is 0.144. The lowest BCUT2D eigenvalue weighted by Gasteiger charge is -2.12. The Morgan fingerprint density at radius 3 is 1.75 bits per heavy atom. The summed E-state index contributed by atoms with van der Waals surface area (Å²) in [7, 11) is -3.87. The minimum absolute atomic E-state index is 0.195. The Hall–Kier alpha value is 0.0700. The van der Waals surface area contributed by atoms with E-state index in [0.29, 0.717) is 0 Å². The van der Waals surface area contributed by atoms with Crippen LogP contribution in [0.15, 0.2) is 0 Å². The van der Waals surface area contributed by atoms with Crippen LogP contribution in [0.2, 0.25) is 0 Å². The van der Waals surface area contributed by atoms with E-state index in [2.05, 4.69) is 6.92 Å². The molecule has 0 saturated heterocycles. The molecule has 2 N–H and O–H groups in total. The molecule has 6 heteroatoms. The predicted molar refractivity (Wildman–Crippen MR) is 99.1 cm³/mol. The molecular formula is C18H39O5P. The first kappa shape index (κ1) is 24.1. The summed E-state index contributed by atoms with van der Waals surface area (Å²) in [5.41, 5.74) is 0. The Morgan fingerprint density at radius 2 is 1.25 bits per heavy atom. The number of aliphatic hydroxyl groups is 1. The fourth-order valence-electron chi connectivity index (χ4n) is 2.50. The van der Waals surface area contributed by atoms with Gasteiger partial charge in [0.15, 0.2) is 0 Å². The van der Waals surface area contributed by atoms with Gasteiger partial charge in [0.05, 0.1) is 19.3 Å². The van der Waals surface area contributed by atoms with Crippen molar-refractivity contribution in [2.75, 3.05) is 13.2 Å². The largest absolute Gasteiger partial charge is 0.472 e. The minimum atomic E-state index is -3.87. The highest BCUT2D eigenvalue weighted by Gasteiger charge is 2.19. The number of rotatable bonds is 18. The van der Waals surface area contributed by atoms with Gasteiger partial charge in [-0.1, -0.05) is 71.6 Å². The number of phosphoric acid groups is 1. The monoisotopic (exact) mass is 366 g/mol. The molecule has 0 aromatic rings. The third kappa shape index (κ3) is 16.9. The van der Waals surface area contributed by atoms with Gasteiger partial charge in [0.2, 0.25) is 0 Å². The maximum Gasteiger partial charge on any atom is 0.472 e. The van der Waals surface area contributed by atoms with E-state index >= 15 is 0 Å². The zero-order valence-corrected chi connectivity index (χ0v) is 16.6. The molecule has 146 valence electrons. The molecule has 0 fully saturated rings. The van der Waals surface area contributed by atoms with E-state index in [4.69, 9.17) is 9.05 Å². The number of aliphatic hydroxyl groups excluding tert-OH is 1. The summed E-state index contributed by atoms with van der Waals surface area (Å²) in [5, 5.41) is 9.43. The maximum atomic E-state index is 11.7. The smallest absolute Gasteiger partial charge is 0.393 e. The van der Waals surface area contributed by atoms with E-state index in [0.717, 1.165) is 57.8 Å². The molecule has 0 amide bonds. The van der Waals surface area contributed by atoms with Gasteiger partial charge in [-0.15, -0.1) is 0 Å². The fraction of sp³-hybridized carbons (Fsp3) is 1.00. The highest BCUT2D eigenvalue weighted by molar-refractivity contribution is 7.47. The van der Waals surface area contributed by atoms with Crippen molar-refractivity contribution in [2.45, 2.75) is 103 Å². The van der Waals surface area contributed by atoms with Crippen LogP contribution >= 0.6 is 7.82 Å². The molecule has 5 nitrogen and oxygen atoms in total. The van der Waals surface area contributed by atoms with Gasteiger partial charge < -0.3 is 10.00 Å². The van der Waals surface area contributed by atoms with Gasteiger partial charge in [-0.25, -0.2) is 4.57 Å². The molecule has 2 unspecified atom stereocenters. The highest BCUT2D eigenvalue weighted by atomic mass is 31.2.